The highest BCUT2D eigenvalue weighted by Crippen LogP contribution is 2.30. The van der Waals surface area contributed by atoms with E-state index in [9.17, 15) is 0 Å². The molecule has 0 saturated carbocycles. The number of hydrogen-bond donors (Lipinski definition) is 0. The van der Waals surface area contributed by atoms with E-state index in [2.05, 4.69) is 48.3 Å². The lowest BCUT2D eigenvalue weighted by atomic mass is 10.0. The minimum Gasteiger partial charge on any atom is -0.253 e. The van der Waals surface area contributed by atoms with Crippen molar-refractivity contribution in [3.8, 4) is 0 Å². The molecule has 1 nitrogen and oxygen atoms in total. The second-order valence-electron chi connectivity index (χ2n) is 5.17. The molecule has 0 aliphatic rings. The Morgan fingerprint density at radius 1 is 1.00 bits per heavy atom. The molecule has 3 aromatic rings. The Kier molecular flexibility index (Phi) is 3.45. The maximum Gasteiger partial charge on any atom is 0.0720 e. The first kappa shape index (κ1) is 13.1. The van der Waals surface area contributed by atoms with E-state index in [-0.39, 0.29) is 0 Å². The van der Waals surface area contributed by atoms with Crippen molar-refractivity contribution in [3.05, 3.63) is 75.9 Å². The van der Waals surface area contributed by atoms with Crippen LogP contribution in [0.3, 0.4) is 0 Å². The molecule has 1 heterocycles. The molecule has 0 unspecified atom stereocenters. The molecular formula is C18H16ClN. The van der Waals surface area contributed by atoms with E-state index in [1.807, 2.05) is 19.1 Å². The Morgan fingerprint density at radius 3 is 2.50 bits per heavy atom. The highest BCUT2D eigenvalue weighted by atomic mass is 35.5. The van der Waals surface area contributed by atoms with Gasteiger partial charge in [0, 0.05) is 17.5 Å². The Hall–Kier alpha value is -1.86. The minimum absolute atomic E-state index is 0.822. The van der Waals surface area contributed by atoms with Gasteiger partial charge in [-0.2, -0.15) is 0 Å². The number of halogens is 1. The van der Waals surface area contributed by atoms with Crippen molar-refractivity contribution in [2.75, 3.05) is 0 Å². The molecule has 1 aromatic heterocycles. The Morgan fingerprint density at radius 2 is 1.75 bits per heavy atom. The lowest BCUT2D eigenvalue weighted by Crippen LogP contribution is -1.98. The zero-order chi connectivity index (χ0) is 14.1. The van der Waals surface area contributed by atoms with Crippen LogP contribution in [0.25, 0.3) is 10.9 Å². The van der Waals surface area contributed by atoms with Gasteiger partial charge in [-0.3, -0.25) is 4.98 Å². The van der Waals surface area contributed by atoms with Crippen LogP contribution in [0, 0.1) is 13.8 Å². The van der Waals surface area contributed by atoms with E-state index < -0.39 is 0 Å². The normalized spacial score (nSPS) is 10.9. The average molecular weight is 282 g/mol. The largest absolute Gasteiger partial charge is 0.253 e. The van der Waals surface area contributed by atoms with Gasteiger partial charge in [-0.05, 0) is 37.1 Å². The van der Waals surface area contributed by atoms with Crippen LogP contribution in [0.5, 0.6) is 0 Å². The summed E-state index contributed by atoms with van der Waals surface area (Å²) in [6, 6.07) is 16.6. The van der Waals surface area contributed by atoms with Crippen molar-refractivity contribution in [1.29, 1.82) is 0 Å². The Bertz CT molecular complexity index is 763. The molecule has 0 radical (unpaired) electrons. The highest BCUT2D eigenvalue weighted by Gasteiger charge is 2.11. The SMILES string of the molecule is Cc1ccc2nc(C)c(Cc3ccccc3)c(Cl)c2c1. The topological polar surface area (TPSA) is 12.9 Å². The monoisotopic (exact) mass is 281 g/mol. The second-order valence-corrected chi connectivity index (χ2v) is 5.55. The molecule has 3 rings (SSSR count). The van der Waals surface area contributed by atoms with Gasteiger partial charge in [0.25, 0.3) is 0 Å². The molecule has 0 bridgehead atoms. The van der Waals surface area contributed by atoms with Gasteiger partial charge in [-0.25, -0.2) is 0 Å². The van der Waals surface area contributed by atoms with E-state index in [1.54, 1.807) is 0 Å². The van der Waals surface area contributed by atoms with Crippen molar-refractivity contribution in [2.45, 2.75) is 20.3 Å². The molecule has 0 aliphatic heterocycles. The lowest BCUT2D eigenvalue weighted by molar-refractivity contribution is 1.10. The predicted octanol–water partition coefficient (Wildman–Crippen LogP) is 5.10. The molecule has 0 N–H and O–H groups in total. The van der Waals surface area contributed by atoms with E-state index in [0.29, 0.717) is 0 Å². The van der Waals surface area contributed by atoms with Crippen molar-refractivity contribution in [2.24, 2.45) is 0 Å². The number of fused-ring (bicyclic) bond motifs is 1. The lowest BCUT2D eigenvalue weighted by Gasteiger charge is -2.11. The fourth-order valence-corrected chi connectivity index (χ4v) is 2.85. The van der Waals surface area contributed by atoms with Gasteiger partial charge in [0.05, 0.1) is 10.5 Å². The number of aromatic nitrogens is 1. The van der Waals surface area contributed by atoms with Crippen LogP contribution in [-0.4, -0.2) is 4.98 Å². The molecule has 2 aromatic carbocycles. The first-order valence-corrected chi connectivity index (χ1v) is 7.12. The number of rotatable bonds is 2. The Balaban J connectivity index is 2.15. The molecular weight excluding hydrogens is 266 g/mol. The van der Waals surface area contributed by atoms with E-state index >= 15 is 0 Å². The van der Waals surface area contributed by atoms with Crippen LogP contribution in [-0.2, 0) is 6.42 Å². The van der Waals surface area contributed by atoms with Crippen LogP contribution < -0.4 is 0 Å². The summed E-state index contributed by atoms with van der Waals surface area (Å²) < 4.78 is 0. The zero-order valence-corrected chi connectivity index (χ0v) is 12.4. The number of hydrogen-bond acceptors (Lipinski definition) is 1. The highest BCUT2D eigenvalue weighted by molar-refractivity contribution is 6.36. The average Bonchev–Trinajstić information content (AvgIpc) is 2.46. The number of aryl methyl sites for hydroxylation is 2. The summed E-state index contributed by atoms with van der Waals surface area (Å²) in [5.41, 5.74) is 5.56. The van der Waals surface area contributed by atoms with Gasteiger partial charge in [0.15, 0.2) is 0 Å². The van der Waals surface area contributed by atoms with Gasteiger partial charge in [-0.1, -0.05) is 53.6 Å². The standard InChI is InChI=1S/C18H16ClN/c1-12-8-9-17-16(10-12)18(19)15(13(2)20-17)11-14-6-4-3-5-7-14/h3-10H,11H2,1-2H3. The van der Waals surface area contributed by atoms with Gasteiger partial charge >= 0.3 is 0 Å². The van der Waals surface area contributed by atoms with Crippen LogP contribution in [0.1, 0.15) is 22.4 Å². The molecule has 0 atom stereocenters. The molecule has 0 saturated heterocycles. The number of benzene rings is 2. The molecule has 0 spiro atoms. The third kappa shape index (κ3) is 2.41. The zero-order valence-electron chi connectivity index (χ0n) is 11.7. The summed E-state index contributed by atoms with van der Waals surface area (Å²) >= 11 is 6.63. The minimum atomic E-state index is 0.822. The van der Waals surface area contributed by atoms with Gasteiger partial charge in [0.1, 0.15) is 0 Å². The molecule has 100 valence electrons. The molecule has 2 heteroatoms. The summed E-state index contributed by atoms with van der Waals surface area (Å²) in [5, 5.41) is 1.88. The van der Waals surface area contributed by atoms with Crippen LogP contribution in [0.2, 0.25) is 5.02 Å². The van der Waals surface area contributed by atoms with Gasteiger partial charge < -0.3 is 0 Å². The quantitative estimate of drug-likeness (QED) is 0.637. The maximum absolute atomic E-state index is 6.63. The summed E-state index contributed by atoms with van der Waals surface area (Å²) in [4.78, 5) is 4.69. The van der Waals surface area contributed by atoms with E-state index in [4.69, 9.17) is 11.6 Å². The predicted molar refractivity (Wildman–Crippen MR) is 85.5 cm³/mol. The summed E-state index contributed by atoms with van der Waals surface area (Å²) in [6.45, 7) is 4.11. The molecule has 0 fully saturated rings. The van der Waals surface area contributed by atoms with Gasteiger partial charge in [0.2, 0.25) is 0 Å². The smallest absolute Gasteiger partial charge is 0.0720 e. The third-order valence-corrected chi connectivity index (χ3v) is 4.03. The molecule has 0 aliphatic carbocycles. The van der Waals surface area contributed by atoms with Crippen LogP contribution in [0.4, 0.5) is 0 Å². The van der Waals surface area contributed by atoms with E-state index in [0.717, 1.165) is 33.6 Å². The first-order valence-electron chi connectivity index (χ1n) is 6.74. The summed E-state index contributed by atoms with van der Waals surface area (Å²) in [5.74, 6) is 0. The first-order chi connectivity index (χ1) is 9.65. The fraction of sp³-hybridized carbons (Fsp3) is 0.167. The maximum atomic E-state index is 6.63. The molecule has 0 amide bonds. The van der Waals surface area contributed by atoms with Crippen molar-refractivity contribution >= 4 is 22.5 Å². The number of pyridine rings is 1. The summed E-state index contributed by atoms with van der Waals surface area (Å²) in [7, 11) is 0. The van der Waals surface area contributed by atoms with Crippen LogP contribution in [0.15, 0.2) is 48.5 Å². The fourth-order valence-electron chi connectivity index (χ4n) is 2.50. The third-order valence-electron chi connectivity index (χ3n) is 3.60. The Labute approximate surface area is 124 Å². The van der Waals surface area contributed by atoms with Crippen molar-refractivity contribution in [1.82, 2.24) is 4.98 Å². The van der Waals surface area contributed by atoms with E-state index in [1.165, 1.54) is 11.1 Å². The summed E-state index contributed by atoms with van der Waals surface area (Å²) in [6.07, 6.45) is 0.822. The van der Waals surface area contributed by atoms with Crippen molar-refractivity contribution < 1.29 is 0 Å². The van der Waals surface area contributed by atoms with Crippen LogP contribution >= 0.6 is 11.6 Å². The molecule has 20 heavy (non-hydrogen) atoms. The van der Waals surface area contributed by atoms with Gasteiger partial charge in [-0.15, -0.1) is 0 Å². The number of nitrogens with zero attached hydrogens (tertiary/aromatic N) is 1. The second kappa shape index (κ2) is 5.26. The van der Waals surface area contributed by atoms with Crippen molar-refractivity contribution in [3.63, 3.8) is 0 Å².